The van der Waals surface area contributed by atoms with Gasteiger partial charge in [0.15, 0.2) is 0 Å². The third-order valence-electron chi connectivity index (χ3n) is 3.10. The number of para-hydroxylation sites is 1. The van der Waals surface area contributed by atoms with Crippen LogP contribution in [0.1, 0.15) is 62.5 Å². The van der Waals surface area contributed by atoms with Crippen molar-refractivity contribution in [1.82, 2.24) is 0 Å². The Morgan fingerprint density at radius 2 is 1.58 bits per heavy atom. The van der Waals surface area contributed by atoms with Crippen molar-refractivity contribution in [3.63, 3.8) is 0 Å². The van der Waals surface area contributed by atoms with Gasteiger partial charge in [-0.3, -0.25) is 4.79 Å². The molecule has 0 saturated heterocycles. The van der Waals surface area contributed by atoms with Crippen LogP contribution in [-0.4, -0.2) is 5.91 Å². The second-order valence-electron chi connectivity index (χ2n) is 5.10. The Labute approximate surface area is 146 Å². The zero-order valence-electron chi connectivity index (χ0n) is 15.7. The molecule has 0 aliphatic carbocycles. The van der Waals surface area contributed by atoms with Crippen LogP contribution < -0.4 is 5.32 Å². The van der Waals surface area contributed by atoms with Crippen molar-refractivity contribution >= 4 is 11.6 Å². The predicted molar refractivity (Wildman–Crippen MR) is 102 cm³/mol. The van der Waals surface area contributed by atoms with Gasteiger partial charge in [-0.1, -0.05) is 71.4 Å². The van der Waals surface area contributed by atoms with Crippen LogP contribution in [0.2, 0.25) is 0 Å². The summed E-state index contributed by atoms with van der Waals surface area (Å²) >= 11 is 0. The zero-order chi connectivity index (χ0) is 18.5. The maximum absolute atomic E-state index is 13.7. The molecule has 0 aliphatic heterocycles. The van der Waals surface area contributed by atoms with E-state index in [0.29, 0.717) is 5.56 Å². The fourth-order valence-electron chi connectivity index (χ4n) is 2.05. The third kappa shape index (κ3) is 6.53. The molecule has 1 N–H and O–H groups in total. The number of hydrogen-bond acceptors (Lipinski definition) is 1. The second-order valence-corrected chi connectivity index (χ2v) is 5.10. The fraction of sp³-hybridized carbons (Fsp3) is 0.381. The first kappa shape index (κ1) is 21.8. The maximum atomic E-state index is 13.7. The van der Waals surface area contributed by atoms with Crippen LogP contribution in [0.4, 0.5) is 10.1 Å². The number of halogens is 1. The van der Waals surface area contributed by atoms with E-state index in [-0.39, 0.29) is 5.56 Å². The minimum Gasteiger partial charge on any atom is -0.322 e. The predicted octanol–water partition coefficient (Wildman–Crippen LogP) is 6.39. The Bertz CT molecular complexity index is 603. The number of carbonyl (C=O) groups excluding carboxylic acids is 1. The molecule has 0 spiro atoms. The lowest BCUT2D eigenvalue weighted by atomic mass is 10.1. The molecule has 0 atom stereocenters. The summed E-state index contributed by atoms with van der Waals surface area (Å²) in [7, 11) is 0. The largest absolute Gasteiger partial charge is 0.322 e. The second kappa shape index (κ2) is 12.3. The number of rotatable bonds is 3. The van der Waals surface area contributed by atoms with Gasteiger partial charge in [-0.05, 0) is 36.6 Å². The highest BCUT2D eigenvalue weighted by Gasteiger charge is 2.15. The summed E-state index contributed by atoms with van der Waals surface area (Å²) in [4.78, 5) is 12.2. The quantitative estimate of drug-likeness (QED) is 0.693. The van der Waals surface area contributed by atoms with E-state index in [2.05, 4.69) is 19.2 Å². The molecule has 0 bridgehead atoms. The molecule has 0 aliphatic rings. The van der Waals surface area contributed by atoms with Crippen molar-refractivity contribution in [2.75, 3.05) is 5.32 Å². The van der Waals surface area contributed by atoms with Crippen molar-refractivity contribution < 1.29 is 9.18 Å². The molecular weight excluding hydrogens is 301 g/mol. The Balaban J connectivity index is 0.000000952. The van der Waals surface area contributed by atoms with Crippen LogP contribution in [0.15, 0.2) is 42.5 Å². The van der Waals surface area contributed by atoms with Gasteiger partial charge in [0.25, 0.3) is 5.91 Å². The number of benzene rings is 2. The standard InChI is InChI=1S/C16H16FNO.C3H8.C2H6/c1-3-12-8-4-5-10-14(12)18-16(19)15-11(2)7-6-9-13(15)17;1-3-2;1-2/h4-10H,3H2,1-2H3,(H,18,19);3H2,1-2H3;1-2H3. The molecule has 132 valence electrons. The molecule has 2 nitrogen and oxygen atoms in total. The van der Waals surface area contributed by atoms with Crippen LogP contribution >= 0.6 is 0 Å². The minimum atomic E-state index is -0.494. The first-order chi connectivity index (χ1) is 11.5. The number of hydrogen-bond donors (Lipinski definition) is 1. The van der Waals surface area contributed by atoms with E-state index >= 15 is 0 Å². The summed E-state index contributed by atoms with van der Waals surface area (Å²) in [5, 5.41) is 2.78. The van der Waals surface area contributed by atoms with Crippen molar-refractivity contribution in [3.05, 3.63) is 65.0 Å². The Morgan fingerprint density at radius 1 is 1.00 bits per heavy atom. The first-order valence-corrected chi connectivity index (χ1v) is 8.69. The third-order valence-corrected chi connectivity index (χ3v) is 3.10. The Kier molecular flexibility index (Phi) is 11.2. The smallest absolute Gasteiger partial charge is 0.258 e. The van der Waals surface area contributed by atoms with E-state index < -0.39 is 11.7 Å². The molecule has 2 aromatic rings. The molecule has 0 radical (unpaired) electrons. The van der Waals surface area contributed by atoms with Crippen LogP contribution in [0.25, 0.3) is 0 Å². The number of aryl methyl sites for hydroxylation is 2. The lowest BCUT2D eigenvalue weighted by Gasteiger charge is -2.11. The van der Waals surface area contributed by atoms with E-state index in [4.69, 9.17) is 0 Å². The average molecular weight is 331 g/mol. The lowest BCUT2D eigenvalue weighted by molar-refractivity contribution is 0.102. The van der Waals surface area contributed by atoms with Crippen molar-refractivity contribution in [2.24, 2.45) is 0 Å². The van der Waals surface area contributed by atoms with Gasteiger partial charge in [0.2, 0.25) is 0 Å². The Morgan fingerprint density at radius 3 is 2.12 bits per heavy atom. The lowest BCUT2D eigenvalue weighted by Crippen LogP contribution is -2.16. The fourth-order valence-corrected chi connectivity index (χ4v) is 2.05. The first-order valence-electron chi connectivity index (χ1n) is 8.69. The highest BCUT2D eigenvalue weighted by Crippen LogP contribution is 2.19. The van der Waals surface area contributed by atoms with Gasteiger partial charge in [0, 0.05) is 5.69 Å². The van der Waals surface area contributed by atoms with Gasteiger partial charge >= 0.3 is 0 Å². The zero-order valence-corrected chi connectivity index (χ0v) is 15.7. The van der Waals surface area contributed by atoms with Crippen molar-refractivity contribution in [2.45, 2.75) is 54.4 Å². The molecule has 24 heavy (non-hydrogen) atoms. The molecule has 0 aromatic heterocycles. The van der Waals surface area contributed by atoms with Gasteiger partial charge < -0.3 is 5.32 Å². The van der Waals surface area contributed by atoms with Crippen LogP contribution in [0, 0.1) is 12.7 Å². The number of nitrogens with one attached hydrogen (secondary N) is 1. The number of carbonyl (C=O) groups is 1. The van der Waals surface area contributed by atoms with E-state index in [0.717, 1.165) is 17.7 Å². The van der Waals surface area contributed by atoms with Gasteiger partial charge in [-0.25, -0.2) is 4.39 Å². The van der Waals surface area contributed by atoms with E-state index in [1.165, 1.54) is 12.5 Å². The van der Waals surface area contributed by atoms with Crippen LogP contribution in [0.5, 0.6) is 0 Å². The molecule has 0 fully saturated rings. The van der Waals surface area contributed by atoms with Crippen LogP contribution in [-0.2, 0) is 6.42 Å². The number of anilines is 1. The summed E-state index contributed by atoms with van der Waals surface area (Å²) in [6, 6.07) is 12.2. The van der Waals surface area contributed by atoms with Crippen LogP contribution in [0.3, 0.4) is 0 Å². The van der Waals surface area contributed by atoms with Crippen molar-refractivity contribution in [1.29, 1.82) is 0 Å². The molecule has 0 unspecified atom stereocenters. The summed E-state index contributed by atoms with van der Waals surface area (Å²) in [5.74, 6) is -0.900. The van der Waals surface area contributed by atoms with E-state index in [1.807, 2.05) is 45.0 Å². The summed E-state index contributed by atoms with van der Waals surface area (Å²) in [5.41, 5.74) is 2.50. The van der Waals surface area contributed by atoms with Gasteiger partial charge in [-0.15, -0.1) is 0 Å². The molecule has 2 aromatic carbocycles. The molecule has 3 heteroatoms. The van der Waals surface area contributed by atoms with Crippen molar-refractivity contribution in [3.8, 4) is 0 Å². The molecular formula is C21H30FNO. The highest BCUT2D eigenvalue weighted by atomic mass is 19.1. The summed E-state index contributed by atoms with van der Waals surface area (Å²) in [6.45, 7) is 12.0. The molecule has 0 heterocycles. The van der Waals surface area contributed by atoms with Gasteiger partial charge in [-0.2, -0.15) is 0 Å². The SMILES string of the molecule is CC.CCC.CCc1ccccc1NC(=O)c1c(C)cccc1F. The Hall–Kier alpha value is -2.16. The number of amides is 1. The topological polar surface area (TPSA) is 29.1 Å². The van der Waals surface area contributed by atoms with Gasteiger partial charge in [0.1, 0.15) is 5.82 Å². The van der Waals surface area contributed by atoms with E-state index in [9.17, 15) is 9.18 Å². The van der Waals surface area contributed by atoms with E-state index in [1.54, 1.807) is 19.1 Å². The monoisotopic (exact) mass is 331 g/mol. The minimum absolute atomic E-state index is 0.105. The molecule has 2 rings (SSSR count). The molecule has 0 saturated carbocycles. The normalized spacial score (nSPS) is 9.12. The highest BCUT2D eigenvalue weighted by molar-refractivity contribution is 6.05. The average Bonchev–Trinajstić information content (AvgIpc) is 2.58. The van der Waals surface area contributed by atoms with Gasteiger partial charge in [0.05, 0.1) is 5.56 Å². The molecule has 1 amide bonds. The summed E-state index contributed by atoms with van der Waals surface area (Å²) < 4.78 is 13.7. The maximum Gasteiger partial charge on any atom is 0.258 e. The summed E-state index contributed by atoms with van der Waals surface area (Å²) in [6.07, 6.45) is 2.06.